The maximum Gasteiger partial charge on any atom is 0.411 e. The van der Waals surface area contributed by atoms with E-state index in [-0.39, 0.29) is 24.6 Å². The Bertz CT molecular complexity index is 1030. The van der Waals surface area contributed by atoms with E-state index in [0.29, 0.717) is 22.4 Å². The number of hydrogen-bond acceptors (Lipinski definition) is 4. The lowest BCUT2D eigenvalue weighted by atomic mass is 9.73. The summed E-state index contributed by atoms with van der Waals surface area (Å²) in [6.45, 7) is -0.0704. The van der Waals surface area contributed by atoms with Gasteiger partial charge in [0.25, 0.3) is 0 Å². The summed E-state index contributed by atoms with van der Waals surface area (Å²) in [4.78, 5) is 38.7. The van der Waals surface area contributed by atoms with Crippen LogP contribution in [-0.2, 0) is 10.2 Å². The lowest BCUT2D eigenvalue weighted by Gasteiger charge is -2.26. The molecule has 0 heterocycles. The summed E-state index contributed by atoms with van der Waals surface area (Å²) >= 11 is 0. The van der Waals surface area contributed by atoms with Gasteiger partial charge in [-0.15, -0.1) is 0 Å². The predicted octanol–water partition coefficient (Wildman–Crippen LogP) is 4.64. The molecule has 0 aliphatic heterocycles. The van der Waals surface area contributed by atoms with Crippen molar-refractivity contribution in [3.8, 4) is 0 Å². The number of ether oxygens (including phenoxy) is 1. The van der Waals surface area contributed by atoms with Gasteiger partial charge in [0.1, 0.15) is 5.41 Å². The standard InChI is InChI=1S/C24H19NO4/c26-21-19-13-7-8-14-20(19)22(27)24(21,17-9-3-1-4-10-17)15-16-29-23(28)25-18-11-5-2-6-12-18/h1-14H,15-16H2,(H,25,28). The van der Waals surface area contributed by atoms with E-state index in [1.807, 2.05) is 12.1 Å². The van der Waals surface area contributed by atoms with Crippen LogP contribution in [0.2, 0.25) is 0 Å². The zero-order valence-electron chi connectivity index (χ0n) is 15.6. The number of para-hydroxylation sites is 1. The molecule has 3 aromatic rings. The highest BCUT2D eigenvalue weighted by atomic mass is 16.5. The molecule has 5 nitrogen and oxygen atoms in total. The van der Waals surface area contributed by atoms with Crippen LogP contribution in [0.3, 0.4) is 0 Å². The van der Waals surface area contributed by atoms with Crippen molar-refractivity contribution in [2.75, 3.05) is 11.9 Å². The van der Waals surface area contributed by atoms with Gasteiger partial charge in [-0.2, -0.15) is 0 Å². The molecule has 0 saturated carbocycles. The first-order chi connectivity index (χ1) is 14.1. The largest absolute Gasteiger partial charge is 0.449 e. The van der Waals surface area contributed by atoms with Crippen LogP contribution in [0.15, 0.2) is 84.9 Å². The van der Waals surface area contributed by atoms with Crippen LogP contribution in [0.1, 0.15) is 32.7 Å². The Hall–Kier alpha value is -3.73. The molecule has 3 aromatic carbocycles. The fourth-order valence-corrected chi connectivity index (χ4v) is 3.77. The summed E-state index contributed by atoms with van der Waals surface area (Å²) in [6.07, 6.45) is -0.555. The van der Waals surface area contributed by atoms with E-state index < -0.39 is 11.5 Å². The van der Waals surface area contributed by atoms with Gasteiger partial charge in [0.05, 0.1) is 6.61 Å². The fourth-order valence-electron chi connectivity index (χ4n) is 3.77. The van der Waals surface area contributed by atoms with Gasteiger partial charge >= 0.3 is 6.09 Å². The fraction of sp³-hybridized carbons (Fsp3) is 0.125. The second kappa shape index (κ2) is 7.72. The normalized spacial score (nSPS) is 14.3. The molecular weight excluding hydrogens is 366 g/mol. The van der Waals surface area contributed by atoms with Gasteiger partial charge < -0.3 is 4.74 Å². The van der Waals surface area contributed by atoms with E-state index in [4.69, 9.17) is 4.74 Å². The molecule has 1 N–H and O–H groups in total. The predicted molar refractivity (Wildman–Crippen MR) is 109 cm³/mol. The van der Waals surface area contributed by atoms with Gasteiger partial charge in [-0.25, -0.2) is 4.79 Å². The maximum atomic E-state index is 13.3. The van der Waals surface area contributed by atoms with E-state index in [1.54, 1.807) is 72.8 Å². The van der Waals surface area contributed by atoms with Crippen LogP contribution in [0.25, 0.3) is 0 Å². The second-order valence-corrected chi connectivity index (χ2v) is 6.85. The second-order valence-electron chi connectivity index (χ2n) is 6.85. The molecule has 5 heteroatoms. The summed E-state index contributed by atoms with van der Waals surface area (Å²) in [6, 6.07) is 24.7. The lowest BCUT2D eigenvalue weighted by molar-refractivity contribution is 0.0745. The van der Waals surface area contributed by atoms with Gasteiger partial charge in [-0.3, -0.25) is 14.9 Å². The van der Waals surface area contributed by atoms with E-state index in [2.05, 4.69) is 5.32 Å². The first-order valence-corrected chi connectivity index (χ1v) is 9.36. The summed E-state index contributed by atoms with van der Waals surface area (Å²) in [7, 11) is 0. The van der Waals surface area contributed by atoms with Crippen LogP contribution < -0.4 is 5.32 Å². The SMILES string of the molecule is O=C(Nc1ccccc1)OCCC1(c2ccccc2)C(=O)c2ccccc2C1=O. The Labute approximate surface area is 168 Å². The molecule has 1 aliphatic rings. The average Bonchev–Trinajstić information content (AvgIpc) is 2.98. The number of carbonyl (C=O) groups excluding carboxylic acids is 3. The molecule has 0 aromatic heterocycles. The molecule has 1 amide bonds. The summed E-state index contributed by atoms with van der Waals surface area (Å²) < 4.78 is 5.30. The molecule has 0 bridgehead atoms. The first-order valence-electron chi connectivity index (χ1n) is 9.36. The molecular formula is C24H19NO4. The number of amides is 1. The molecule has 1 aliphatic carbocycles. The number of nitrogens with one attached hydrogen (secondary N) is 1. The van der Waals surface area contributed by atoms with Gasteiger partial charge in [0.15, 0.2) is 11.6 Å². The molecule has 0 spiro atoms. The van der Waals surface area contributed by atoms with Crippen LogP contribution in [0.4, 0.5) is 10.5 Å². The molecule has 0 atom stereocenters. The molecule has 144 valence electrons. The Morgan fingerprint density at radius 2 is 1.28 bits per heavy atom. The van der Waals surface area contributed by atoms with Crippen molar-refractivity contribution in [3.05, 3.63) is 102 Å². The number of rotatable bonds is 5. The highest BCUT2D eigenvalue weighted by Crippen LogP contribution is 2.42. The third-order valence-corrected chi connectivity index (χ3v) is 5.19. The molecule has 0 unspecified atom stereocenters. The van der Waals surface area contributed by atoms with Crippen molar-refractivity contribution >= 4 is 23.3 Å². The lowest BCUT2D eigenvalue weighted by Crippen LogP contribution is -2.40. The van der Waals surface area contributed by atoms with Crippen molar-refractivity contribution in [2.24, 2.45) is 0 Å². The molecule has 4 rings (SSSR count). The number of benzene rings is 3. The zero-order chi connectivity index (χ0) is 20.3. The zero-order valence-corrected chi connectivity index (χ0v) is 15.6. The van der Waals surface area contributed by atoms with Crippen molar-refractivity contribution in [1.29, 1.82) is 0 Å². The Morgan fingerprint density at radius 1 is 0.759 bits per heavy atom. The average molecular weight is 385 g/mol. The van der Waals surface area contributed by atoms with Crippen molar-refractivity contribution in [1.82, 2.24) is 0 Å². The van der Waals surface area contributed by atoms with Crippen LogP contribution in [0, 0.1) is 0 Å². The Morgan fingerprint density at radius 3 is 1.86 bits per heavy atom. The molecule has 0 radical (unpaired) electrons. The van der Waals surface area contributed by atoms with Gasteiger partial charge in [0.2, 0.25) is 0 Å². The monoisotopic (exact) mass is 385 g/mol. The Balaban J connectivity index is 1.57. The first kappa shape index (κ1) is 18.6. The highest BCUT2D eigenvalue weighted by molar-refractivity contribution is 6.33. The third-order valence-electron chi connectivity index (χ3n) is 5.19. The van der Waals surface area contributed by atoms with E-state index >= 15 is 0 Å². The Kier molecular flexibility index (Phi) is 4.96. The minimum Gasteiger partial charge on any atom is -0.449 e. The summed E-state index contributed by atoms with van der Waals surface area (Å²) in [5, 5.41) is 2.63. The number of anilines is 1. The summed E-state index contributed by atoms with van der Waals surface area (Å²) in [5.74, 6) is -0.507. The number of ketones is 2. The van der Waals surface area contributed by atoms with Crippen LogP contribution >= 0.6 is 0 Å². The maximum absolute atomic E-state index is 13.3. The molecule has 0 saturated heterocycles. The minimum atomic E-state index is -1.38. The molecule has 0 fully saturated rings. The van der Waals surface area contributed by atoms with Crippen LogP contribution in [0.5, 0.6) is 0 Å². The number of carbonyl (C=O) groups is 3. The number of Topliss-reactive ketones (excluding diaryl/α,β-unsaturated/α-hetero) is 2. The highest BCUT2D eigenvalue weighted by Gasteiger charge is 2.53. The summed E-state index contributed by atoms with van der Waals surface area (Å²) in [5.41, 5.74) is 0.664. The van der Waals surface area contributed by atoms with Gasteiger partial charge in [-0.1, -0.05) is 72.8 Å². The van der Waals surface area contributed by atoms with Crippen LogP contribution in [-0.4, -0.2) is 24.3 Å². The number of hydrogen-bond donors (Lipinski definition) is 1. The molecule has 29 heavy (non-hydrogen) atoms. The quantitative estimate of drug-likeness (QED) is 0.649. The van der Waals surface area contributed by atoms with Gasteiger partial charge in [-0.05, 0) is 17.7 Å². The van der Waals surface area contributed by atoms with E-state index in [9.17, 15) is 14.4 Å². The third kappa shape index (κ3) is 3.31. The van der Waals surface area contributed by atoms with Gasteiger partial charge in [0, 0.05) is 23.2 Å². The smallest absolute Gasteiger partial charge is 0.411 e. The minimum absolute atomic E-state index is 0.0704. The number of fused-ring (bicyclic) bond motifs is 1. The van der Waals surface area contributed by atoms with Crippen molar-refractivity contribution in [3.63, 3.8) is 0 Å². The van der Waals surface area contributed by atoms with E-state index in [1.165, 1.54) is 0 Å². The van der Waals surface area contributed by atoms with E-state index in [0.717, 1.165) is 0 Å². The topological polar surface area (TPSA) is 72.5 Å². The van der Waals surface area contributed by atoms with Crippen molar-refractivity contribution in [2.45, 2.75) is 11.8 Å². The van der Waals surface area contributed by atoms with Crippen molar-refractivity contribution < 1.29 is 19.1 Å².